The van der Waals surface area contributed by atoms with Gasteiger partial charge in [0, 0.05) is 6.04 Å². The minimum Gasteiger partial charge on any atom is -0.397 e. The number of benzene rings is 1. The maximum Gasteiger partial charge on any atom is 0.241 e. The van der Waals surface area contributed by atoms with Crippen LogP contribution in [-0.2, 0) is 10.0 Å². The second-order valence-corrected chi connectivity index (χ2v) is 8.06. The summed E-state index contributed by atoms with van der Waals surface area (Å²) in [6.45, 7) is 6.01. The molecule has 6 heteroatoms. The van der Waals surface area contributed by atoms with Gasteiger partial charge in [0.15, 0.2) is 0 Å². The molecule has 118 valence electrons. The van der Waals surface area contributed by atoms with E-state index in [9.17, 15) is 8.42 Å². The van der Waals surface area contributed by atoms with Crippen LogP contribution in [0.5, 0.6) is 0 Å². The summed E-state index contributed by atoms with van der Waals surface area (Å²) in [6.07, 6.45) is 3.06. The number of rotatable bonds is 4. The Bertz CT molecular complexity index is 631. The molecule has 1 aliphatic carbocycles. The third-order valence-corrected chi connectivity index (χ3v) is 6.60. The number of nitrogens with one attached hydrogen (secondary N) is 1. The molecule has 0 heterocycles. The highest BCUT2D eigenvalue weighted by Gasteiger charge is 2.34. The van der Waals surface area contributed by atoms with Crippen LogP contribution in [-0.4, -0.2) is 14.5 Å². The predicted octanol–water partition coefficient (Wildman–Crippen LogP) is 3.33. The van der Waals surface area contributed by atoms with Gasteiger partial charge >= 0.3 is 0 Å². The van der Waals surface area contributed by atoms with Crippen molar-refractivity contribution in [1.82, 2.24) is 4.72 Å². The van der Waals surface area contributed by atoms with Crippen molar-refractivity contribution in [3.05, 3.63) is 22.7 Å². The Morgan fingerprint density at radius 3 is 2.62 bits per heavy atom. The Labute approximate surface area is 132 Å². The third-order valence-electron chi connectivity index (χ3n) is 4.64. The monoisotopic (exact) mass is 330 g/mol. The molecular formula is C15H23ClN2O2S. The molecule has 1 aromatic carbocycles. The second-order valence-electron chi connectivity index (χ2n) is 5.97. The molecule has 0 bridgehead atoms. The number of anilines is 1. The lowest BCUT2D eigenvalue weighted by Gasteiger charge is -2.21. The van der Waals surface area contributed by atoms with E-state index in [0.717, 1.165) is 19.3 Å². The zero-order valence-electron chi connectivity index (χ0n) is 12.7. The summed E-state index contributed by atoms with van der Waals surface area (Å²) in [5, 5.41) is 0.381. The Kier molecular flexibility index (Phi) is 4.85. The van der Waals surface area contributed by atoms with E-state index in [1.54, 1.807) is 13.0 Å². The molecule has 3 atom stereocenters. The fraction of sp³-hybridized carbons (Fsp3) is 0.600. The van der Waals surface area contributed by atoms with Crippen LogP contribution in [0, 0.1) is 18.8 Å². The van der Waals surface area contributed by atoms with E-state index in [4.69, 9.17) is 17.3 Å². The van der Waals surface area contributed by atoms with E-state index in [2.05, 4.69) is 18.6 Å². The molecule has 0 aromatic heterocycles. The van der Waals surface area contributed by atoms with Gasteiger partial charge in [-0.25, -0.2) is 13.1 Å². The van der Waals surface area contributed by atoms with Crippen molar-refractivity contribution in [1.29, 1.82) is 0 Å². The highest BCUT2D eigenvalue weighted by atomic mass is 35.5. The summed E-state index contributed by atoms with van der Waals surface area (Å²) >= 11 is 5.93. The van der Waals surface area contributed by atoms with E-state index in [-0.39, 0.29) is 16.6 Å². The third kappa shape index (κ3) is 3.35. The second kappa shape index (κ2) is 6.15. The highest BCUT2D eigenvalue weighted by molar-refractivity contribution is 7.89. The molecule has 0 amide bonds. The molecule has 3 unspecified atom stereocenters. The standard InChI is InChI=1S/C15H23ClN2O2S/c1-4-11-5-6-14(10(11)3)18-21(19,20)15-8-13(17)12(16)7-9(15)2/h7-8,10-11,14,18H,4-6,17H2,1-3H3. The van der Waals surface area contributed by atoms with Crippen molar-refractivity contribution in [2.75, 3.05) is 5.73 Å². The van der Waals surface area contributed by atoms with Crippen LogP contribution >= 0.6 is 11.6 Å². The first-order valence-corrected chi connectivity index (χ1v) is 9.20. The topological polar surface area (TPSA) is 72.2 Å². The molecule has 3 N–H and O–H groups in total. The van der Waals surface area contributed by atoms with E-state index in [1.165, 1.54) is 6.07 Å². The van der Waals surface area contributed by atoms with Crippen LogP contribution in [0.4, 0.5) is 5.69 Å². The number of aryl methyl sites for hydroxylation is 1. The Morgan fingerprint density at radius 2 is 2.05 bits per heavy atom. The summed E-state index contributed by atoms with van der Waals surface area (Å²) in [6, 6.07) is 3.03. The fourth-order valence-electron chi connectivity index (χ4n) is 3.21. The van der Waals surface area contributed by atoms with Gasteiger partial charge in [0.25, 0.3) is 0 Å². The number of nitrogens with two attached hydrogens (primary N) is 1. The minimum atomic E-state index is -3.57. The molecular weight excluding hydrogens is 308 g/mol. The molecule has 1 aliphatic rings. The van der Waals surface area contributed by atoms with Gasteiger partial charge in [-0.15, -0.1) is 0 Å². The van der Waals surface area contributed by atoms with Crippen molar-refractivity contribution in [2.45, 2.75) is 51.0 Å². The van der Waals surface area contributed by atoms with Crippen molar-refractivity contribution < 1.29 is 8.42 Å². The Morgan fingerprint density at radius 1 is 1.38 bits per heavy atom. The highest BCUT2D eigenvalue weighted by Crippen LogP contribution is 2.35. The first-order chi connectivity index (χ1) is 9.76. The number of hydrogen-bond donors (Lipinski definition) is 2. The summed E-state index contributed by atoms with van der Waals surface area (Å²) in [5.74, 6) is 0.948. The Hall–Kier alpha value is -0.780. The number of nitrogen functional groups attached to an aromatic ring is 1. The van der Waals surface area contributed by atoms with Crippen LogP contribution in [0.2, 0.25) is 5.02 Å². The first kappa shape index (κ1) is 16.6. The molecule has 2 rings (SSSR count). The van der Waals surface area contributed by atoms with Crippen LogP contribution in [0.3, 0.4) is 0 Å². The van der Waals surface area contributed by atoms with Gasteiger partial charge in [-0.05, 0) is 49.3 Å². The lowest BCUT2D eigenvalue weighted by atomic mass is 9.94. The van der Waals surface area contributed by atoms with Crippen molar-refractivity contribution in [3.63, 3.8) is 0 Å². The van der Waals surface area contributed by atoms with E-state index in [1.807, 2.05) is 0 Å². The average Bonchev–Trinajstić information content (AvgIpc) is 2.74. The number of halogens is 1. The van der Waals surface area contributed by atoms with Gasteiger partial charge in [-0.2, -0.15) is 0 Å². The largest absolute Gasteiger partial charge is 0.397 e. The smallest absolute Gasteiger partial charge is 0.241 e. The molecule has 4 nitrogen and oxygen atoms in total. The molecule has 1 fully saturated rings. The summed E-state index contributed by atoms with van der Waals surface area (Å²) < 4.78 is 28.1. The molecule has 0 saturated heterocycles. The van der Waals surface area contributed by atoms with Gasteiger partial charge in [0.1, 0.15) is 0 Å². The number of hydrogen-bond acceptors (Lipinski definition) is 3. The van der Waals surface area contributed by atoms with Gasteiger partial charge in [0.05, 0.1) is 15.6 Å². The van der Waals surface area contributed by atoms with Gasteiger partial charge in [-0.3, -0.25) is 0 Å². The molecule has 0 spiro atoms. The normalized spacial score (nSPS) is 26.2. The van der Waals surface area contributed by atoms with Crippen molar-refractivity contribution in [3.8, 4) is 0 Å². The van der Waals surface area contributed by atoms with Gasteiger partial charge < -0.3 is 5.73 Å². The first-order valence-electron chi connectivity index (χ1n) is 7.34. The summed E-state index contributed by atoms with van der Waals surface area (Å²) in [7, 11) is -3.57. The Balaban J connectivity index is 2.26. The molecule has 1 aromatic rings. The quantitative estimate of drug-likeness (QED) is 0.832. The zero-order chi connectivity index (χ0) is 15.8. The SMILES string of the molecule is CCC1CCC(NS(=O)(=O)c2cc(N)c(Cl)cc2C)C1C. The maximum absolute atomic E-state index is 12.6. The maximum atomic E-state index is 12.6. The molecule has 0 aliphatic heterocycles. The molecule has 0 radical (unpaired) electrons. The lowest BCUT2D eigenvalue weighted by Crippen LogP contribution is -2.37. The lowest BCUT2D eigenvalue weighted by molar-refractivity contribution is 0.368. The average molecular weight is 331 g/mol. The van der Waals surface area contributed by atoms with Crippen LogP contribution < -0.4 is 10.5 Å². The van der Waals surface area contributed by atoms with Gasteiger partial charge in [0.2, 0.25) is 10.0 Å². The summed E-state index contributed by atoms with van der Waals surface area (Å²) in [4.78, 5) is 0.219. The van der Waals surface area contributed by atoms with E-state index < -0.39 is 10.0 Å². The van der Waals surface area contributed by atoms with Crippen LogP contribution in [0.15, 0.2) is 17.0 Å². The summed E-state index contributed by atoms with van der Waals surface area (Å²) in [5.41, 5.74) is 6.64. The zero-order valence-corrected chi connectivity index (χ0v) is 14.3. The van der Waals surface area contributed by atoms with Crippen LogP contribution in [0.25, 0.3) is 0 Å². The minimum absolute atomic E-state index is 0.00347. The van der Waals surface area contributed by atoms with Crippen molar-refractivity contribution in [2.24, 2.45) is 11.8 Å². The number of sulfonamides is 1. The molecule has 21 heavy (non-hydrogen) atoms. The molecule has 1 saturated carbocycles. The van der Waals surface area contributed by atoms with Gasteiger partial charge in [-0.1, -0.05) is 31.9 Å². The van der Waals surface area contributed by atoms with Crippen LogP contribution in [0.1, 0.15) is 38.7 Å². The van der Waals surface area contributed by atoms with Crippen molar-refractivity contribution >= 4 is 27.3 Å². The van der Waals surface area contributed by atoms with E-state index >= 15 is 0 Å². The van der Waals surface area contributed by atoms with E-state index in [0.29, 0.717) is 22.4 Å². The fourth-order valence-corrected chi connectivity index (χ4v) is 5.05. The predicted molar refractivity (Wildman–Crippen MR) is 86.9 cm³/mol.